The number of carbonyl (C=O) groups is 1. The largest absolute Gasteiger partial charge is 0.504 e. The van der Waals surface area contributed by atoms with Gasteiger partial charge in [0.15, 0.2) is 16.7 Å². The van der Waals surface area contributed by atoms with Crippen molar-refractivity contribution in [2.75, 3.05) is 20.8 Å². The normalized spacial score (nSPS) is 16.7. The number of amidine groups is 1. The highest BCUT2D eigenvalue weighted by atomic mass is 127. The Labute approximate surface area is 187 Å². The van der Waals surface area contributed by atoms with E-state index in [0.717, 1.165) is 23.4 Å². The number of hydrogen-bond donors (Lipinski definition) is 1. The summed E-state index contributed by atoms with van der Waals surface area (Å²) in [6, 6.07) is 10.9. The Balaban J connectivity index is 1.95. The van der Waals surface area contributed by atoms with E-state index in [0.29, 0.717) is 25.9 Å². The van der Waals surface area contributed by atoms with Crippen molar-refractivity contribution in [2.45, 2.75) is 13.3 Å². The van der Waals surface area contributed by atoms with Gasteiger partial charge in [0.05, 0.1) is 28.4 Å². The van der Waals surface area contributed by atoms with E-state index in [-0.39, 0.29) is 11.7 Å². The maximum atomic E-state index is 13.0. The maximum absolute atomic E-state index is 13.0. The number of benzene rings is 2. The molecule has 1 amide bonds. The van der Waals surface area contributed by atoms with Gasteiger partial charge in [-0.25, -0.2) is 4.99 Å². The lowest BCUT2D eigenvalue weighted by Gasteiger charge is -2.14. The van der Waals surface area contributed by atoms with Crippen LogP contribution in [0.15, 0.2) is 46.3 Å². The first kappa shape index (κ1) is 21.5. The predicted octanol–water partition coefficient (Wildman–Crippen LogP) is 5.03. The van der Waals surface area contributed by atoms with E-state index in [9.17, 15) is 9.90 Å². The van der Waals surface area contributed by atoms with Gasteiger partial charge in [-0.2, -0.15) is 0 Å². The fourth-order valence-corrected chi connectivity index (χ4v) is 4.41. The van der Waals surface area contributed by atoms with Gasteiger partial charge in [-0.1, -0.05) is 6.92 Å². The highest BCUT2D eigenvalue weighted by Crippen LogP contribution is 2.37. The number of carbonyl (C=O) groups excluding carboxylic acids is 1. The molecule has 1 aliphatic rings. The van der Waals surface area contributed by atoms with Gasteiger partial charge in [-0.3, -0.25) is 9.69 Å². The summed E-state index contributed by atoms with van der Waals surface area (Å²) in [5, 5.41) is 10.7. The fraction of sp³-hybridized carbons (Fsp3) is 0.238. The molecule has 0 radical (unpaired) electrons. The molecule has 152 valence electrons. The molecule has 6 nitrogen and oxygen atoms in total. The van der Waals surface area contributed by atoms with E-state index >= 15 is 0 Å². The minimum atomic E-state index is -0.0776. The number of nitrogens with zero attached hydrogens (tertiary/aromatic N) is 2. The number of methoxy groups -OCH3 is 2. The molecule has 0 unspecified atom stereocenters. The average Bonchev–Trinajstić information content (AvgIpc) is 3.00. The minimum absolute atomic E-state index is 0.0776. The van der Waals surface area contributed by atoms with E-state index in [1.807, 2.05) is 59.8 Å². The van der Waals surface area contributed by atoms with Crippen molar-refractivity contribution >= 4 is 57.2 Å². The molecule has 1 saturated heterocycles. The quantitative estimate of drug-likeness (QED) is 0.424. The topological polar surface area (TPSA) is 71.4 Å². The molecule has 29 heavy (non-hydrogen) atoms. The summed E-state index contributed by atoms with van der Waals surface area (Å²) in [7, 11) is 3.12. The fourth-order valence-electron chi connectivity index (χ4n) is 2.76. The van der Waals surface area contributed by atoms with Crippen LogP contribution in [0.25, 0.3) is 6.08 Å². The second-order valence-electron chi connectivity index (χ2n) is 6.21. The van der Waals surface area contributed by atoms with Crippen LogP contribution in [0.4, 0.5) is 5.69 Å². The molecule has 3 rings (SSSR count). The predicted molar refractivity (Wildman–Crippen MR) is 125 cm³/mol. The average molecular weight is 524 g/mol. The molecule has 2 aromatic rings. The Morgan fingerprint density at radius 1 is 1.21 bits per heavy atom. The molecule has 1 aliphatic heterocycles. The van der Waals surface area contributed by atoms with Crippen molar-refractivity contribution in [3.05, 3.63) is 50.4 Å². The summed E-state index contributed by atoms with van der Waals surface area (Å²) in [5.74, 6) is 1.14. The molecule has 0 aromatic heterocycles. The first-order valence-corrected chi connectivity index (χ1v) is 10.9. The first-order chi connectivity index (χ1) is 14.0. The minimum Gasteiger partial charge on any atom is -0.504 e. The van der Waals surface area contributed by atoms with E-state index in [2.05, 4.69) is 4.99 Å². The number of rotatable bonds is 6. The summed E-state index contributed by atoms with van der Waals surface area (Å²) in [5.41, 5.74) is 1.53. The zero-order valence-corrected chi connectivity index (χ0v) is 19.3. The number of hydrogen-bond acceptors (Lipinski definition) is 6. The number of aliphatic imine (C=N–C) groups is 1. The lowest BCUT2D eigenvalue weighted by molar-refractivity contribution is -0.122. The van der Waals surface area contributed by atoms with Crippen LogP contribution in [-0.2, 0) is 4.79 Å². The zero-order valence-electron chi connectivity index (χ0n) is 16.3. The molecule has 1 fully saturated rings. The van der Waals surface area contributed by atoms with Crippen LogP contribution in [0.2, 0.25) is 0 Å². The van der Waals surface area contributed by atoms with Crippen molar-refractivity contribution < 1.29 is 19.4 Å². The maximum Gasteiger partial charge on any atom is 0.266 e. The summed E-state index contributed by atoms with van der Waals surface area (Å²) in [6.45, 7) is 2.62. The third-order valence-corrected chi connectivity index (χ3v) is 6.03. The monoisotopic (exact) mass is 524 g/mol. The van der Waals surface area contributed by atoms with Crippen LogP contribution >= 0.6 is 34.4 Å². The molecule has 0 aliphatic carbocycles. The van der Waals surface area contributed by atoms with Crippen molar-refractivity contribution in [1.82, 2.24) is 4.90 Å². The molecule has 0 atom stereocenters. The SMILES string of the molecule is CCCN1C(=O)/C(=C/c2cc(I)c(O)c(OC)c2)SC1=Nc1ccc(OC)cc1. The number of phenolic OH excluding ortho intramolecular Hbond substituents is 1. The van der Waals surface area contributed by atoms with Crippen LogP contribution in [0.1, 0.15) is 18.9 Å². The lowest BCUT2D eigenvalue weighted by Crippen LogP contribution is -2.29. The Bertz CT molecular complexity index is 973. The van der Waals surface area contributed by atoms with Crippen LogP contribution in [0.3, 0.4) is 0 Å². The van der Waals surface area contributed by atoms with Gasteiger partial charge < -0.3 is 14.6 Å². The van der Waals surface area contributed by atoms with Crippen molar-refractivity contribution in [3.8, 4) is 17.2 Å². The van der Waals surface area contributed by atoms with Crippen LogP contribution in [-0.4, -0.2) is 41.8 Å². The molecule has 0 spiro atoms. The number of thioether (sulfide) groups is 1. The van der Waals surface area contributed by atoms with E-state index in [4.69, 9.17) is 9.47 Å². The molecule has 0 saturated carbocycles. The summed E-state index contributed by atoms with van der Waals surface area (Å²) < 4.78 is 11.1. The summed E-state index contributed by atoms with van der Waals surface area (Å²) in [4.78, 5) is 19.9. The van der Waals surface area contributed by atoms with Gasteiger partial charge >= 0.3 is 0 Å². The first-order valence-electron chi connectivity index (χ1n) is 8.97. The molecule has 0 bridgehead atoms. The van der Waals surface area contributed by atoms with E-state index < -0.39 is 0 Å². The molecular weight excluding hydrogens is 503 g/mol. The van der Waals surface area contributed by atoms with Gasteiger partial charge in [0, 0.05) is 6.54 Å². The number of phenols is 1. The Morgan fingerprint density at radius 3 is 2.55 bits per heavy atom. The third-order valence-electron chi connectivity index (χ3n) is 4.20. The molecule has 2 aromatic carbocycles. The van der Waals surface area contributed by atoms with Crippen molar-refractivity contribution in [1.29, 1.82) is 0 Å². The summed E-state index contributed by atoms with van der Waals surface area (Å²) in [6.07, 6.45) is 2.63. The summed E-state index contributed by atoms with van der Waals surface area (Å²) >= 11 is 3.38. The Morgan fingerprint density at radius 2 is 1.93 bits per heavy atom. The Kier molecular flexibility index (Phi) is 7.07. The zero-order chi connectivity index (χ0) is 21.0. The Hall–Kier alpha value is -2.20. The highest BCUT2D eigenvalue weighted by Gasteiger charge is 2.32. The second kappa shape index (κ2) is 9.53. The van der Waals surface area contributed by atoms with Gasteiger partial charge in [0.25, 0.3) is 5.91 Å². The van der Waals surface area contributed by atoms with Gasteiger partial charge in [0.1, 0.15) is 5.75 Å². The van der Waals surface area contributed by atoms with Gasteiger partial charge in [0.2, 0.25) is 0 Å². The van der Waals surface area contributed by atoms with E-state index in [1.165, 1.54) is 18.9 Å². The molecule has 8 heteroatoms. The molecular formula is C21H21IN2O4S. The smallest absolute Gasteiger partial charge is 0.266 e. The number of halogens is 1. The van der Waals surface area contributed by atoms with Crippen LogP contribution < -0.4 is 9.47 Å². The lowest BCUT2D eigenvalue weighted by atomic mass is 10.2. The number of ether oxygens (including phenoxy) is 2. The van der Waals surface area contributed by atoms with Gasteiger partial charge in [-0.05, 0) is 88.8 Å². The number of amides is 1. The van der Waals surface area contributed by atoms with Crippen LogP contribution in [0.5, 0.6) is 17.2 Å². The van der Waals surface area contributed by atoms with Crippen LogP contribution in [0, 0.1) is 3.57 Å². The number of aromatic hydroxyl groups is 1. The standard InChI is InChI=1S/C21H21IN2O4S/c1-4-9-24-20(26)18(12-13-10-16(22)19(25)17(11-13)28-3)29-21(24)23-14-5-7-15(27-2)8-6-14/h5-8,10-12,25H,4,9H2,1-3H3/b18-12-,23-21?. The highest BCUT2D eigenvalue weighted by molar-refractivity contribution is 14.1. The van der Waals surface area contributed by atoms with Crippen molar-refractivity contribution in [2.24, 2.45) is 4.99 Å². The van der Waals surface area contributed by atoms with Crippen molar-refractivity contribution in [3.63, 3.8) is 0 Å². The van der Waals surface area contributed by atoms with Gasteiger partial charge in [-0.15, -0.1) is 0 Å². The molecule has 1 N–H and O–H groups in total. The third kappa shape index (κ3) is 4.87. The second-order valence-corrected chi connectivity index (χ2v) is 8.38. The van der Waals surface area contributed by atoms with E-state index in [1.54, 1.807) is 24.2 Å². The molecule has 1 heterocycles.